The van der Waals surface area contributed by atoms with E-state index in [0.29, 0.717) is 11.5 Å². The molecule has 0 spiro atoms. The van der Waals surface area contributed by atoms with Gasteiger partial charge in [-0.25, -0.2) is 0 Å². The first-order chi connectivity index (χ1) is 9.74. The molecular formula is C17H22N2O. The Balaban J connectivity index is 2.05. The maximum atomic E-state index is 12.2. The Morgan fingerprint density at radius 3 is 2.50 bits per heavy atom. The molecule has 0 bridgehead atoms. The van der Waals surface area contributed by atoms with Crippen molar-refractivity contribution in [2.24, 2.45) is 5.92 Å². The van der Waals surface area contributed by atoms with Crippen molar-refractivity contribution >= 4 is 5.91 Å². The third-order valence-corrected chi connectivity index (χ3v) is 3.72. The first-order valence-corrected chi connectivity index (χ1v) is 7.26. The number of carbonyl (C=O) groups is 1. The Morgan fingerprint density at radius 1 is 1.15 bits per heavy atom. The maximum Gasteiger partial charge on any atom is 0.251 e. The van der Waals surface area contributed by atoms with Crippen molar-refractivity contribution in [3.8, 4) is 5.69 Å². The third kappa shape index (κ3) is 3.50. The molecule has 20 heavy (non-hydrogen) atoms. The molecule has 0 aliphatic carbocycles. The van der Waals surface area contributed by atoms with Crippen LogP contribution in [0.4, 0.5) is 0 Å². The smallest absolute Gasteiger partial charge is 0.251 e. The van der Waals surface area contributed by atoms with Gasteiger partial charge in [0.2, 0.25) is 0 Å². The van der Waals surface area contributed by atoms with Crippen molar-refractivity contribution < 1.29 is 4.79 Å². The van der Waals surface area contributed by atoms with Gasteiger partial charge in [-0.15, -0.1) is 0 Å². The summed E-state index contributed by atoms with van der Waals surface area (Å²) in [6, 6.07) is 11.6. The van der Waals surface area contributed by atoms with Crippen LogP contribution >= 0.6 is 0 Å². The number of hydrogen-bond donors (Lipinski definition) is 1. The van der Waals surface area contributed by atoms with Crippen molar-refractivity contribution in [1.82, 2.24) is 9.88 Å². The number of aromatic nitrogens is 1. The highest BCUT2D eigenvalue weighted by Crippen LogP contribution is 2.11. The normalized spacial score (nSPS) is 10.8. The molecule has 1 heterocycles. The van der Waals surface area contributed by atoms with Crippen LogP contribution in [0.15, 0.2) is 48.8 Å². The van der Waals surface area contributed by atoms with Gasteiger partial charge in [-0.3, -0.25) is 4.79 Å². The average molecular weight is 270 g/mol. The summed E-state index contributed by atoms with van der Waals surface area (Å²) in [6.07, 6.45) is 6.14. The monoisotopic (exact) mass is 270 g/mol. The van der Waals surface area contributed by atoms with Crippen LogP contribution in [-0.4, -0.2) is 17.0 Å². The van der Waals surface area contributed by atoms with Gasteiger partial charge < -0.3 is 9.88 Å². The summed E-state index contributed by atoms with van der Waals surface area (Å²) in [5.41, 5.74) is 1.72. The van der Waals surface area contributed by atoms with Crippen LogP contribution in [0.25, 0.3) is 5.69 Å². The zero-order chi connectivity index (χ0) is 14.4. The highest BCUT2D eigenvalue weighted by atomic mass is 16.1. The van der Waals surface area contributed by atoms with Crippen molar-refractivity contribution in [2.75, 3.05) is 6.54 Å². The lowest BCUT2D eigenvalue weighted by Gasteiger charge is -2.13. The van der Waals surface area contributed by atoms with Crippen LogP contribution in [-0.2, 0) is 0 Å². The van der Waals surface area contributed by atoms with Gasteiger partial charge in [0.15, 0.2) is 0 Å². The molecule has 0 radical (unpaired) electrons. The first-order valence-electron chi connectivity index (χ1n) is 7.26. The third-order valence-electron chi connectivity index (χ3n) is 3.72. The van der Waals surface area contributed by atoms with Gasteiger partial charge in [-0.05, 0) is 36.2 Å². The molecule has 1 aromatic heterocycles. The molecule has 2 rings (SSSR count). The Bertz CT molecular complexity index is 542. The van der Waals surface area contributed by atoms with Crippen LogP contribution in [0, 0.1) is 5.92 Å². The molecule has 0 saturated carbocycles. The Labute approximate surface area is 120 Å². The molecule has 1 aromatic carbocycles. The van der Waals surface area contributed by atoms with E-state index in [0.717, 1.165) is 25.1 Å². The van der Waals surface area contributed by atoms with Crippen LogP contribution in [0.2, 0.25) is 0 Å². The number of nitrogens with zero attached hydrogens (tertiary/aromatic N) is 1. The Hall–Kier alpha value is -2.03. The molecule has 0 aliphatic rings. The number of benzene rings is 1. The van der Waals surface area contributed by atoms with Gasteiger partial charge >= 0.3 is 0 Å². The van der Waals surface area contributed by atoms with Crippen molar-refractivity contribution in [3.05, 3.63) is 54.4 Å². The van der Waals surface area contributed by atoms with E-state index in [1.807, 2.05) is 53.4 Å². The second-order valence-corrected chi connectivity index (χ2v) is 5.03. The van der Waals surface area contributed by atoms with Crippen molar-refractivity contribution in [2.45, 2.75) is 26.7 Å². The van der Waals surface area contributed by atoms with E-state index >= 15 is 0 Å². The molecule has 0 unspecified atom stereocenters. The zero-order valence-electron chi connectivity index (χ0n) is 12.2. The molecule has 1 amide bonds. The molecule has 3 heteroatoms. The summed E-state index contributed by atoms with van der Waals surface area (Å²) >= 11 is 0. The molecule has 0 fully saturated rings. The zero-order valence-corrected chi connectivity index (χ0v) is 12.2. The fourth-order valence-corrected chi connectivity index (χ4v) is 2.23. The molecule has 106 valence electrons. The van der Waals surface area contributed by atoms with E-state index in [-0.39, 0.29) is 5.91 Å². The topological polar surface area (TPSA) is 34.0 Å². The molecule has 1 N–H and O–H groups in total. The van der Waals surface area contributed by atoms with Gasteiger partial charge in [-0.2, -0.15) is 0 Å². The summed E-state index contributed by atoms with van der Waals surface area (Å²) in [4.78, 5) is 12.2. The molecule has 3 nitrogen and oxygen atoms in total. The van der Waals surface area contributed by atoms with Crippen LogP contribution in [0.1, 0.15) is 37.0 Å². The summed E-state index contributed by atoms with van der Waals surface area (Å²) in [6.45, 7) is 5.07. The number of nitrogens with one attached hydrogen (secondary N) is 1. The minimum atomic E-state index is 0.00547. The van der Waals surface area contributed by atoms with E-state index in [2.05, 4.69) is 19.2 Å². The van der Waals surface area contributed by atoms with E-state index in [9.17, 15) is 4.79 Å². The largest absolute Gasteiger partial charge is 0.352 e. The maximum absolute atomic E-state index is 12.2. The van der Waals surface area contributed by atoms with Crippen LogP contribution in [0.5, 0.6) is 0 Å². The van der Waals surface area contributed by atoms with Crippen molar-refractivity contribution in [1.29, 1.82) is 0 Å². The SMILES string of the molecule is CCC(CC)CNC(=O)c1cccc(-n2cccc2)c1. The number of amides is 1. The summed E-state index contributed by atoms with van der Waals surface area (Å²) < 4.78 is 2.00. The van der Waals surface area contributed by atoms with Crippen LogP contribution < -0.4 is 5.32 Å². The second kappa shape index (κ2) is 6.94. The van der Waals surface area contributed by atoms with Gasteiger partial charge in [0, 0.05) is 30.2 Å². The average Bonchev–Trinajstić information content (AvgIpc) is 3.02. The van der Waals surface area contributed by atoms with E-state index in [1.165, 1.54) is 0 Å². The minimum Gasteiger partial charge on any atom is -0.352 e. The molecule has 0 aliphatic heterocycles. The summed E-state index contributed by atoms with van der Waals surface area (Å²) in [5.74, 6) is 0.567. The second-order valence-electron chi connectivity index (χ2n) is 5.03. The molecule has 0 atom stereocenters. The van der Waals surface area contributed by atoms with Gasteiger partial charge in [0.25, 0.3) is 5.91 Å². The number of rotatable bonds is 6. The highest BCUT2D eigenvalue weighted by molar-refractivity contribution is 5.94. The lowest BCUT2D eigenvalue weighted by molar-refractivity contribution is 0.0946. The predicted molar refractivity (Wildman–Crippen MR) is 82.2 cm³/mol. The fraction of sp³-hybridized carbons (Fsp3) is 0.353. The quantitative estimate of drug-likeness (QED) is 0.854. The summed E-state index contributed by atoms with van der Waals surface area (Å²) in [5, 5.41) is 3.03. The molecule has 2 aromatic rings. The lowest BCUT2D eigenvalue weighted by Crippen LogP contribution is -2.28. The summed E-state index contributed by atoms with van der Waals surface area (Å²) in [7, 11) is 0. The van der Waals surface area contributed by atoms with Gasteiger partial charge in [0.05, 0.1) is 0 Å². The number of hydrogen-bond acceptors (Lipinski definition) is 1. The standard InChI is InChI=1S/C17H22N2O/c1-3-14(4-2)13-18-17(20)15-8-7-9-16(12-15)19-10-5-6-11-19/h5-12,14H,3-4,13H2,1-2H3,(H,18,20). The first kappa shape index (κ1) is 14.4. The Morgan fingerprint density at radius 2 is 1.85 bits per heavy atom. The van der Waals surface area contributed by atoms with Crippen molar-refractivity contribution in [3.63, 3.8) is 0 Å². The fourth-order valence-electron chi connectivity index (χ4n) is 2.23. The highest BCUT2D eigenvalue weighted by Gasteiger charge is 2.09. The van der Waals surface area contributed by atoms with E-state index in [4.69, 9.17) is 0 Å². The van der Waals surface area contributed by atoms with Crippen LogP contribution in [0.3, 0.4) is 0 Å². The van der Waals surface area contributed by atoms with Gasteiger partial charge in [-0.1, -0.05) is 32.8 Å². The predicted octanol–water partition coefficient (Wildman–Crippen LogP) is 3.64. The molecular weight excluding hydrogens is 248 g/mol. The minimum absolute atomic E-state index is 0.00547. The molecule has 0 saturated heterocycles. The van der Waals surface area contributed by atoms with Gasteiger partial charge in [0.1, 0.15) is 0 Å². The van der Waals surface area contributed by atoms with E-state index < -0.39 is 0 Å². The number of carbonyl (C=O) groups excluding carboxylic acids is 1. The van der Waals surface area contributed by atoms with E-state index in [1.54, 1.807) is 0 Å². The Kier molecular flexibility index (Phi) is 4.99. The lowest BCUT2D eigenvalue weighted by atomic mass is 10.0.